The molecule has 0 aliphatic carbocycles. The van der Waals surface area contributed by atoms with E-state index in [2.05, 4.69) is 4.72 Å². The molecule has 0 saturated carbocycles. The van der Waals surface area contributed by atoms with Gasteiger partial charge in [0.25, 0.3) is 0 Å². The van der Waals surface area contributed by atoms with Crippen molar-refractivity contribution in [3.63, 3.8) is 0 Å². The van der Waals surface area contributed by atoms with Gasteiger partial charge >= 0.3 is 0 Å². The van der Waals surface area contributed by atoms with E-state index in [9.17, 15) is 16.8 Å². The van der Waals surface area contributed by atoms with Gasteiger partial charge in [0, 0.05) is 17.2 Å². The van der Waals surface area contributed by atoms with E-state index in [1.165, 1.54) is 31.4 Å². The Hall–Kier alpha value is -1.58. The fraction of sp³-hybridized carbons (Fsp3) is 0.273. The van der Waals surface area contributed by atoms with E-state index in [1.807, 2.05) is 0 Å². The van der Waals surface area contributed by atoms with Gasteiger partial charge in [-0.1, -0.05) is 6.08 Å². The number of rotatable bonds is 4. The Balaban J connectivity index is 2.30. The van der Waals surface area contributed by atoms with E-state index in [0.717, 1.165) is 5.41 Å². The van der Waals surface area contributed by atoms with Crippen LogP contribution in [0.5, 0.6) is 5.75 Å². The van der Waals surface area contributed by atoms with E-state index >= 15 is 0 Å². The smallest absolute Gasteiger partial charge is 0.244 e. The summed E-state index contributed by atoms with van der Waals surface area (Å²) in [5.74, 6) is -0.189. The summed E-state index contributed by atoms with van der Waals surface area (Å²) in [6, 6.07) is 3.34. The van der Waals surface area contributed by atoms with Crippen LogP contribution in [0.4, 0.5) is 5.69 Å². The van der Waals surface area contributed by atoms with Crippen LogP contribution in [0, 0.1) is 0 Å². The maximum atomic E-state index is 12.2. The first-order chi connectivity index (χ1) is 9.23. The summed E-state index contributed by atoms with van der Waals surface area (Å²) in [6.07, 6.45) is 1.30. The number of hydrogen-bond donors (Lipinski definition) is 2. The molecule has 9 heteroatoms. The number of sulfonamides is 1. The Bertz CT molecular complexity index is 753. The van der Waals surface area contributed by atoms with Gasteiger partial charge in [-0.3, -0.25) is 0 Å². The van der Waals surface area contributed by atoms with Crippen molar-refractivity contribution >= 4 is 25.5 Å². The average molecular weight is 318 g/mol. The number of benzene rings is 1. The number of methoxy groups -OCH3 is 1. The maximum absolute atomic E-state index is 12.2. The van der Waals surface area contributed by atoms with E-state index in [0.29, 0.717) is 5.69 Å². The summed E-state index contributed by atoms with van der Waals surface area (Å²) in [6.45, 7) is 0. The molecule has 0 saturated heterocycles. The largest absolute Gasteiger partial charge is 0.495 e. The van der Waals surface area contributed by atoms with Crippen molar-refractivity contribution in [2.45, 2.75) is 10.9 Å². The van der Waals surface area contributed by atoms with Crippen LogP contribution in [0.3, 0.4) is 0 Å². The van der Waals surface area contributed by atoms with Gasteiger partial charge in [0.05, 0.1) is 18.9 Å². The van der Waals surface area contributed by atoms with E-state index in [1.54, 1.807) is 0 Å². The quantitative estimate of drug-likeness (QED) is 0.747. The predicted molar refractivity (Wildman–Crippen MR) is 74.4 cm³/mol. The first-order valence-electron chi connectivity index (χ1n) is 5.60. The lowest BCUT2D eigenvalue weighted by Gasteiger charge is -2.13. The number of ether oxygens (including phenoxy) is 1. The van der Waals surface area contributed by atoms with Crippen LogP contribution in [0.1, 0.15) is 0 Å². The molecule has 20 heavy (non-hydrogen) atoms. The highest BCUT2D eigenvalue weighted by molar-refractivity contribution is 7.94. The summed E-state index contributed by atoms with van der Waals surface area (Å²) in [4.78, 5) is -0.0908. The number of anilines is 1. The Morgan fingerprint density at radius 1 is 1.40 bits per heavy atom. The highest BCUT2D eigenvalue weighted by Crippen LogP contribution is 2.26. The van der Waals surface area contributed by atoms with Gasteiger partial charge in [-0.05, 0) is 12.1 Å². The third-order valence-electron chi connectivity index (χ3n) is 2.71. The van der Waals surface area contributed by atoms with Gasteiger partial charge in [0.15, 0.2) is 9.84 Å². The summed E-state index contributed by atoms with van der Waals surface area (Å²) < 4.78 is 54.3. The minimum atomic E-state index is -3.90. The molecule has 1 unspecified atom stereocenters. The first kappa shape index (κ1) is 14.8. The van der Waals surface area contributed by atoms with Crippen molar-refractivity contribution < 1.29 is 21.6 Å². The Kier molecular flexibility index (Phi) is 3.76. The van der Waals surface area contributed by atoms with Crippen molar-refractivity contribution in [1.82, 2.24) is 4.72 Å². The monoisotopic (exact) mass is 318 g/mol. The highest BCUT2D eigenvalue weighted by Gasteiger charge is 2.28. The van der Waals surface area contributed by atoms with E-state index < -0.39 is 25.9 Å². The molecule has 1 aromatic rings. The van der Waals surface area contributed by atoms with Gasteiger partial charge in [0.1, 0.15) is 10.6 Å². The van der Waals surface area contributed by atoms with Crippen LogP contribution in [-0.4, -0.2) is 35.7 Å². The maximum Gasteiger partial charge on any atom is 0.244 e. The van der Waals surface area contributed by atoms with Crippen LogP contribution in [-0.2, 0) is 19.9 Å². The fourth-order valence-corrected chi connectivity index (χ4v) is 4.50. The zero-order chi connectivity index (χ0) is 15.0. The van der Waals surface area contributed by atoms with Crippen molar-refractivity contribution in [1.29, 1.82) is 0 Å². The summed E-state index contributed by atoms with van der Waals surface area (Å²) in [5, 5.41) is 1.00. The summed E-state index contributed by atoms with van der Waals surface area (Å²) >= 11 is 0. The Morgan fingerprint density at radius 3 is 2.65 bits per heavy atom. The fourth-order valence-electron chi connectivity index (χ4n) is 1.82. The minimum absolute atomic E-state index is 0.0908. The number of sulfone groups is 1. The molecule has 3 N–H and O–H groups in total. The van der Waals surface area contributed by atoms with Gasteiger partial charge in [-0.15, -0.1) is 0 Å². The molecule has 1 aliphatic heterocycles. The second-order valence-corrected chi connectivity index (χ2v) is 7.91. The van der Waals surface area contributed by atoms with Gasteiger partial charge < -0.3 is 10.5 Å². The molecule has 0 radical (unpaired) electrons. The second-order valence-electron chi connectivity index (χ2n) is 4.30. The first-order valence-corrected chi connectivity index (χ1v) is 8.80. The third kappa shape index (κ3) is 3.11. The van der Waals surface area contributed by atoms with Gasteiger partial charge in [-0.25, -0.2) is 21.6 Å². The van der Waals surface area contributed by atoms with Crippen LogP contribution < -0.4 is 15.2 Å². The molecule has 1 heterocycles. The zero-order valence-electron chi connectivity index (χ0n) is 10.6. The zero-order valence-corrected chi connectivity index (χ0v) is 12.2. The molecule has 110 valence electrons. The van der Waals surface area contributed by atoms with Crippen molar-refractivity contribution in [2.75, 3.05) is 18.6 Å². The van der Waals surface area contributed by atoms with Crippen molar-refractivity contribution in [3.8, 4) is 5.75 Å². The molecule has 0 fully saturated rings. The van der Waals surface area contributed by atoms with Crippen molar-refractivity contribution in [3.05, 3.63) is 29.7 Å². The van der Waals surface area contributed by atoms with Crippen LogP contribution in [0.25, 0.3) is 0 Å². The molecule has 1 aliphatic rings. The Morgan fingerprint density at radius 2 is 2.10 bits per heavy atom. The number of hydrogen-bond acceptors (Lipinski definition) is 6. The van der Waals surface area contributed by atoms with Crippen molar-refractivity contribution in [2.24, 2.45) is 0 Å². The SMILES string of the molecule is COc1cc(N)ccc1S(=O)(=O)NC1C=CS(=O)(=O)C1. The van der Waals surface area contributed by atoms with Gasteiger partial charge in [-0.2, -0.15) is 0 Å². The molecule has 1 aromatic carbocycles. The normalized spacial score (nSPS) is 20.9. The van der Waals surface area contributed by atoms with Crippen LogP contribution in [0.15, 0.2) is 34.6 Å². The van der Waals surface area contributed by atoms with Gasteiger partial charge in [0.2, 0.25) is 10.0 Å². The Labute approximate surface area is 117 Å². The molecule has 0 aromatic heterocycles. The summed E-state index contributed by atoms with van der Waals surface area (Å²) in [5.41, 5.74) is 5.92. The molecule has 0 bridgehead atoms. The summed E-state index contributed by atoms with van der Waals surface area (Å²) in [7, 11) is -5.90. The average Bonchev–Trinajstić information content (AvgIpc) is 2.67. The third-order valence-corrected chi connectivity index (χ3v) is 5.64. The predicted octanol–water partition coefficient (Wildman–Crippen LogP) is -0.134. The molecular weight excluding hydrogens is 304 g/mol. The number of nitrogens with one attached hydrogen (secondary N) is 1. The molecule has 2 rings (SSSR count). The minimum Gasteiger partial charge on any atom is -0.495 e. The van der Waals surface area contributed by atoms with E-state index in [-0.39, 0.29) is 16.4 Å². The topological polar surface area (TPSA) is 116 Å². The molecule has 1 atom stereocenters. The van der Waals surface area contributed by atoms with Crippen LogP contribution >= 0.6 is 0 Å². The second kappa shape index (κ2) is 5.08. The molecular formula is C11H14N2O5S2. The molecule has 0 amide bonds. The lowest BCUT2D eigenvalue weighted by molar-refractivity contribution is 0.402. The van der Waals surface area contributed by atoms with E-state index in [4.69, 9.17) is 10.5 Å². The molecule has 7 nitrogen and oxygen atoms in total. The molecule has 0 spiro atoms. The lowest BCUT2D eigenvalue weighted by Crippen LogP contribution is -2.35. The lowest BCUT2D eigenvalue weighted by atomic mass is 10.3. The number of nitrogens with two attached hydrogens (primary N) is 1. The standard InChI is InChI=1S/C11H14N2O5S2/c1-18-10-6-8(12)2-3-11(10)20(16,17)13-9-4-5-19(14,15)7-9/h2-6,9,13H,7,12H2,1H3. The number of nitrogen functional groups attached to an aromatic ring is 1. The van der Waals surface area contributed by atoms with Crippen LogP contribution in [0.2, 0.25) is 0 Å². The highest BCUT2D eigenvalue weighted by atomic mass is 32.2.